The van der Waals surface area contributed by atoms with Crippen LogP contribution in [0.25, 0.3) is 11.5 Å². The molecule has 2 heterocycles. The van der Waals surface area contributed by atoms with E-state index in [0.29, 0.717) is 30.5 Å². The van der Waals surface area contributed by atoms with Crippen molar-refractivity contribution in [1.82, 2.24) is 20.4 Å². The maximum Gasteiger partial charge on any atom is 0.261 e. The lowest BCUT2D eigenvalue weighted by Crippen LogP contribution is -2.24. The highest BCUT2D eigenvalue weighted by atomic mass is 35.5. The zero-order chi connectivity index (χ0) is 16.9. The van der Waals surface area contributed by atoms with E-state index >= 15 is 0 Å². The number of para-hydroxylation sites is 1. The van der Waals surface area contributed by atoms with Crippen molar-refractivity contribution in [2.24, 2.45) is 0 Å². The molecule has 1 N–H and O–H groups in total. The quantitative estimate of drug-likeness (QED) is 0.674. The van der Waals surface area contributed by atoms with Crippen molar-refractivity contribution >= 4 is 23.7 Å². The maximum atomic E-state index is 5.91. The summed E-state index contributed by atoms with van der Waals surface area (Å²) >= 11 is 1.61. The smallest absolute Gasteiger partial charge is 0.261 e. The van der Waals surface area contributed by atoms with E-state index in [1.165, 1.54) is 0 Å². The number of hydrogen-bond donors (Lipinski definition) is 1. The number of thiazole rings is 1. The fourth-order valence-electron chi connectivity index (χ4n) is 2.22. The van der Waals surface area contributed by atoms with Crippen molar-refractivity contribution in [3.8, 4) is 17.2 Å². The number of halogens is 1. The average molecular weight is 381 g/mol. The normalized spacial score (nSPS) is 11.8. The Balaban J connectivity index is 0.00000225. The largest absolute Gasteiger partial charge is 0.486 e. The molecule has 6 nitrogen and oxygen atoms in total. The number of aryl methyl sites for hydroxylation is 1. The van der Waals surface area contributed by atoms with Crippen LogP contribution in [0.4, 0.5) is 0 Å². The zero-order valence-corrected chi connectivity index (χ0v) is 16.0. The Morgan fingerprint density at radius 2 is 2.08 bits per heavy atom. The summed E-state index contributed by atoms with van der Waals surface area (Å²) in [6.45, 7) is 4.47. The van der Waals surface area contributed by atoms with Gasteiger partial charge in [0.2, 0.25) is 0 Å². The minimum atomic E-state index is 0. The summed E-state index contributed by atoms with van der Waals surface area (Å²) in [5.74, 6) is 1.86. The van der Waals surface area contributed by atoms with E-state index < -0.39 is 0 Å². The summed E-state index contributed by atoms with van der Waals surface area (Å²) in [7, 11) is 1.91. The second kappa shape index (κ2) is 8.94. The van der Waals surface area contributed by atoms with Gasteiger partial charge in [-0.3, -0.25) is 0 Å². The van der Waals surface area contributed by atoms with Crippen LogP contribution in [0.2, 0.25) is 0 Å². The molecule has 0 fully saturated rings. The Morgan fingerprint density at radius 1 is 1.28 bits per heavy atom. The molecule has 0 radical (unpaired) electrons. The van der Waals surface area contributed by atoms with Crippen LogP contribution < -0.4 is 10.1 Å². The fraction of sp³-hybridized carbons (Fsp3) is 0.353. The molecule has 1 aromatic carbocycles. The first kappa shape index (κ1) is 19.4. The molecule has 1 atom stereocenters. The Labute approximate surface area is 157 Å². The summed E-state index contributed by atoms with van der Waals surface area (Å²) in [6, 6.07) is 7.95. The van der Waals surface area contributed by atoms with Gasteiger partial charge in [0.1, 0.15) is 12.4 Å². The molecule has 0 amide bonds. The van der Waals surface area contributed by atoms with Gasteiger partial charge in [-0.25, -0.2) is 4.98 Å². The van der Waals surface area contributed by atoms with Crippen LogP contribution in [0.1, 0.15) is 23.4 Å². The van der Waals surface area contributed by atoms with E-state index in [1.54, 1.807) is 11.3 Å². The van der Waals surface area contributed by atoms with E-state index in [2.05, 4.69) is 27.4 Å². The molecule has 1 unspecified atom stereocenters. The molecule has 3 aromatic rings. The number of aromatic nitrogens is 3. The summed E-state index contributed by atoms with van der Waals surface area (Å²) in [5, 5.41) is 10.2. The van der Waals surface area contributed by atoms with E-state index in [4.69, 9.17) is 9.26 Å². The third kappa shape index (κ3) is 5.01. The minimum absolute atomic E-state index is 0. The van der Waals surface area contributed by atoms with E-state index in [0.717, 1.165) is 16.3 Å². The first-order chi connectivity index (χ1) is 11.7. The molecule has 8 heteroatoms. The van der Waals surface area contributed by atoms with Gasteiger partial charge < -0.3 is 14.6 Å². The highest BCUT2D eigenvalue weighted by Crippen LogP contribution is 2.29. The van der Waals surface area contributed by atoms with Crippen LogP contribution in [-0.4, -0.2) is 28.2 Å². The molecule has 0 aliphatic rings. The molecular formula is C17H21ClN4O2S. The Morgan fingerprint density at radius 3 is 2.80 bits per heavy atom. The van der Waals surface area contributed by atoms with Gasteiger partial charge in [0, 0.05) is 17.8 Å². The van der Waals surface area contributed by atoms with E-state index in [1.807, 2.05) is 43.6 Å². The molecular weight excluding hydrogens is 360 g/mol. The van der Waals surface area contributed by atoms with E-state index in [-0.39, 0.29) is 18.4 Å². The number of benzene rings is 1. The summed E-state index contributed by atoms with van der Waals surface area (Å²) in [5.41, 5.74) is 1.71. The lowest BCUT2D eigenvalue weighted by Gasteiger charge is -2.07. The molecule has 0 aliphatic carbocycles. The predicted octanol–water partition coefficient (Wildman–Crippen LogP) is 3.65. The van der Waals surface area contributed by atoms with Gasteiger partial charge in [-0.05, 0) is 33.0 Å². The Bertz CT molecular complexity index is 805. The molecule has 2 aromatic heterocycles. The number of ether oxygens (including phenoxy) is 1. The highest BCUT2D eigenvalue weighted by molar-refractivity contribution is 7.09. The van der Waals surface area contributed by atoms with Gasteiger partial charge in [-0.1, -0.05) is 17.3 Å². The van der Waals surface area contributed by atoms with Crippen LogP contribution in [0.3, 0.4) is 0 Å². The Kier molecular flexibility index (Phi) is 6.92. The number of hydrogen-bond acceptors (Lipinski definition) is 7. The summed E-state index contributed by atoms with van der Waals surface area (Å²) in [4.78, 5) is 8.89. The van der Waals surface area contributed by atoms with Crippen molar-refractivity contribution in [2.75, 3.05) is 7.05 Å². The lowest BCUT2D eigenvalue weighted by molar-refractivity contribution is 0.301. The van der Waals surface area contributed by atoms with Gasteiger partial charge in [0.15, 0.2) is 5.82 Å². The van der Waals surface area contributed by atoms with Crippen LogP contribution in [0, 0.1) is 6.92 Å². The molecule has 0 saturated carbocycles. The molecule has 0 aliphatic heterocycles. The second-order valence-corrected chi connectivity index (χ2v) is 6.61. The van der Waals surface area contributed by atoms with Crippen LogP contribution in [-0.2, 0) is 13.0 Å². The number of rotatable bonds is 7. The third-order valence-corrected chi connectivity index (χ3v) is 4.43. The van der Waals surface area contributed by atoms with Crippen molar-refractivity contribution in [1.29, 1.82) is 0 Å². The first-order valence-corrected chi connectivity index (χ1v) is 8.66. The van der Waals surface area contributed by atoms with Crippen LogP contribution in [0.5, 0.6) is 5.75 Å². The monoisotopic (exact) mass is 380 g/mol. The minimum Gasteiger partial charge on any atom is -0.486 e. The highest BCUT2D eigenvalue weighted by Gasteiger charge is 2.15. The third-order valence-electron chi connectivity index (χ3n) is 3.61. The van der Waals surface area contributed by atoms with Crippen LogP contribution >= 0.6 is 23.7 Å². The van der Waals surface area contributed by atoms with Gasteiger partial charge in [0.05, 0.1) is 16.3 Å². The van der Waals surface area contributed by atoms with Gasteiger partial charge in [-0.2, -0.15) is 4.98 Å². The molecule has 0 saturated heterocycles. The number of likely N-dealkylation sites (N-methyl/N-ethyl adjacent to an activating group) is 1. The summed E-state index contributed by atoms with van der Waals surface area (Å²) in [6.07, 6.45) is 0.709. The lowest BCUT2D eigenvalue weighted by atomic mass is 10.2. The first-order valence-electron chi connectivity index (χ1n) is 7.78. The predicted molar refractivity (Wildman–Crippen MR) is 100 cm³/mol. The SMILES string of the molecule is CNC(C)Cc1noc(-c2ccccc2OCc2csc(C)n2)n1.Cl. The average Bonchev–Trinajstić information content (AvgIpc) is 3.22. The topological polar surface area (TPSA) is 73.1 Å². The Hall–Kier alpha value is -1.96. The van der Waals surface area contributed by atoms with Gasteiger partial charge >= 0.3 is 0 Å². The standard InChI is InChI=1S/C17H20N4O2S.ClH/c1-11(18-3)8-16-20-17(23-21-16)14-6-4-5-7-15(14)22-9-13-10-24-12(2)19-13;/h4-7,10-11,18H,8-9H2,1-3H3;1H. The molecule has 3 rings (SSSR count). The van der Waals surface area contributed by atoms with Crippen molar-refractivity contribution in [2.45, 2.75) is 32.9 Å². The zero-order valence-electron chi connectivity index (χ0n) is 14.4. The van der Waals surface area contributed by atoms with Gasteiger partial charge in [0.25, 0.3) is 5.89 Å². The van der Waals surface area contributed by atoms with Crippen LogP contribution in [0.15, 0.2) is 34.2 Å². The van der Waals surface area contributed by atoms with Crippen molar-refractivity contribution in [3.63, 3.8) is 0 Å². The molecule has 0 bridgehead atoms. The number of nitrogens with zero attached hydrogens (tertiary/aromatic N) is 3. The molecule has 25 heavy (non-hydrogen) atoms. The maximum absolute atomic E-state index is 5.91. The number of nitrogens with one attached hydrogen (secondary N) is 1. The van der Waals surface area contributed by atoms with E-state index in [9.17, 15) is 0 Å². The second-order valence-electron chi connectivity index (χ2n) is 5.55. The molecule has 0 spiro atoms. The summed E-state index contributed by atoms with van der Waals surface area (Å²) < 4.78 is 11.3. The van der Waals surface area contributed by atoms with Gasteiger partial charge in [-0.15, -0.1) is 23.7 Å². The van der Waals surface area contributed by atoms with Crippen molar-refractivity contribution in [3.05, 3.63) is 46.2 Å². The fourth-order valence-corrected chi connectivity index (χ4v) is 2.81. The van der Waals surface area contributed by atoms with Crippen molar-refractivity contribution < 1.29 is 9.26 Å². The molecule has 134 valence electrons.